The minimum Gasteiger partial charge on any atom is -0.305 e. The Labute approximate surface area is 149 Å². The molecule has 0 radical (unpaired) electrons. The first-order valence-corrected chi connectivity index (χ1v) is 8.29. The van der Waals surface area contributed by atoms with E-state index in [1.54, 1.807) is 12.1 Å². The van der Waals surface area contributed by atoms with Crippen LogP contribution in [0.3, 0.4) is 0 Å². The summed E-state index contributed by atoms with van der Waals surface area (Å²) < 4.78 is 38.8. The maximum atomic E-state index is 12.9. The first kappa shape index (κ1) is 18.0. The summed E-state index contributed by atoms with van der Waals surface area (Å²) in [7, 11) is 1.91. The van der Waals surface area contributed by atoms with Gasteiger partial charge in [-0.1, -0.05) is 35.9 Å². The number of carbonyl (C=O) groups is 1. The van der Waals surface area contributed by atoms with Crippen molar-refractivity contribution in [2.75, 3.05) is 20.1 Å². The number of likely N-dealkylation sites (N-methyl/N-ethyl adjacent to an activating group) is 1. The van der Waals surface area contributed by atoms with E-state index in [1.165, 1.54) is 12.1 Å². The lowest BCUT2D eigenvalue weighted by atomic mass is 9.83. The summed E-state index contributed by atoms with van der Waals surface area (Å²) in [5, 5.41) is 0.607. The zero-order chi connectivity index (χ0) is 18.2. The molecule has 2 aromatic rings. The smallest absolute Gasteiger partial charge is 0.305 e. The van der Waals surface area contributed by atoms with Gasteiger partial charge in [0.1, 0.15) is 0 Å². The van der Waals surface area contributed by atoms with Gasteiger partial charge in [0.2, 0.25) is 0 Å². The van der Waals surface area contributed by atoms with Crippen molar-refractivity contribution in [3.8, 4) is 0 Å². The van der Waals surface area contributed by atoms with E-state index in [0.717, 1.165) is 17.7 Å². The van der Waals surface area contributed by atoms with Crippen LogP contribution in [0.25, 0.3) is 0 Å². The number of carbonyl (C=O) groups excluding carboxylic acids is 1. The predicted octanol–water partition coefficient (Wildman–Crippen LogP) is 4.89. The lowest BCUT2D eigenvalue weighted by Crippen LogP contribution is -2.23. The van der Waals surface area contributed by atoms with Gasteiger partial charge in [-0.3, -0.25) is 4.79 Å². The Morgan fingerprint density at radius 2 is 1.80 bits per heavy atom. The molecule has 2 atom stereocenters. The van der Waals surface area contributed by atoms with Crippen molar-refractivity contribution in [3.63, 3.8) is 0 Å². The van der Waals surface area contributed by atoms with E-state index in [0.29, 0.717) is 18.1 Å². The molecule has 1 saturated heterocycles. The molecule has 0 saturated carbocycles. The molecular formula is C19H17ClF3NO. The fourth-order valence-electron chi connectivity index (χ4n) is 3.38. The molecule has 1 fully saturated rings. The van der Waals surface area contributed by atoms with Gasteiger partial charge >= 0.3 is 6.18 Å². The van der Waals surface area contributed by atoms with Gasteiger partial charge in [-0.25, -0.2) is 0 Å². The predicted molar refractivity (Wildman–Crippen MR) is 91.0 cm³/mol. The molecule has 0 aliphatic carbocycles. The molecule has 2 aromatic carbocycles. The second-order valence-corrected chi connectivity index (χ2v) is 6.86. The molecule has 1 heterocycles. The summed E-state index contributed by atoms with van der Waals surface area (Å²) in [6.45, 7) is 1.19. The SMILES string of the molecule is CN1C[C@H](C(=O)c2cccc(C(F)(F)F)c2)[C@@H](c2ccc(Cl)cc2)C1. The van der Waals surface area contributed by atoms with E-state index in [9.17, 15) is 18.0 Å². The van der Waals surface area contributed by atoms with Crippen molar-refractivity contribution in [2.45, 2.75) is 12.1 Å². The average molecular weight is 368 g/mol. The monoisotopic (exact) mass is 367 g/mol. The van der Waals surface area contributed by atoms with Gasteiger partial charge in [0.05, 0.1) is 5.56 Å². The Bertz CT molecular complexity index is 773. The number of halogens is 4. The molecule has 2 nitrogen and oxygen atoms in total. The van der Waals surface area contributed by atoms with Crippen LogP contribution in [0.15, 0.2) is 48.5 Å². The summed E-state index contributed by atoms with van der Waals surface area (Å²) in [4.78, 5) is 14.9. The largest absolute Gasteiger partial charge is 0.416 e. The molecule has 1 aliphatic heterocycles. The number of hydrogen-bond donors (Lipinski definition) is 0. The van der Waals surface area contributed by atoms with Crippen molar-refractivity contribution in [3.05, 3.63) is 70.2 Å². The van der Waals surface area contributed by atoms with Crippen LogP contribution >= 0.6 is 11.6 Å². The Kier molecular flexibility index (Phi) is 4.89. The van der Waals surface area contributed by atoms with E-state index < -0.39 is 11.7 Å². The van der Waals surface area contributed by atoms with E-state index >= 15 is 0 Å². The van der Waals surface area contributed by atoms with Crippen LogP contribution in [0.2, 0.25) is 5.02 Å². The van der Waals surface area contributed by atoms with Crippen molar-refractivity contribution < 1.29 is 18.0 Å². The first-order valence-electron chi connectivity index (χ1n) is 7.91. The van der Waals surface area contributed by atoms with Gasteiger partial charge in [0, 0.05) is 35.5 Å². The Balaban J connectivity index is 1.91. The van der Waals surface area contributed by atoms with Gasteiger partial charge in [-0.05, 0) is 36.9 Å². The van der Waals surface area contributed by atoms with Gasteiger partial charge in [0.15, 0.2) is 5.78 Å². The number of hydrogen-bond acceptors (Lipinski definition) is 2. The third-order valence-corrected chi connectivity index (χ3v) is 4.86. The highest BCUT2D eigenvalue weighted by Crippen LogP contribution is 2.36. The molecule has 0 bridgehead atoms. The van der Waals surface area contributed by atoms with E-state index in [4.69, 9.17) is 11.6 Å². The third kappa shape index (κ3) is 3.88. The number of alkyl halides is 3. The van der Waals surface area contributed by atoms with Gasteiger partial charge in [-0.2, -0.15) is 13.2 Å². The van der Waals surface area contributed by atoms with Crippen molar-refractivity contribution >= 4 is 17.4 Å². The molecule has 6 heteroatoms. The van der Waals surface area contributed by atoms with Crippen LogP contribution in [0, 0.1) is 5.92 Å². The summed E-state index contributed by atoms with van der Waals surface area (Å²) in [6.07, 6.45) is -4.46. The summed E-state index contributed by atoms with van der Waals surface area (Å²) in [6, 6.07) is 11.9. The molecular weight excluding hydrogens is 351 g/mol. The van der Waals surface area contributed by atoms with Crippen LogP contribution in [0.4, 0.5) is 13.2 Å². The minimum atomic E-state index is -4.46. The molecule has 0 unspecified atom stereocenters. The Hall–Kier alpha value is -1.85. The van der Waals surface area contributed by atoms with E-state index in [1.807, 2.05) is 24.1 Å². The molecule has 0 N–H and O–H groups in total. The lowest BCUT2D eigenvalue weighted by molar-refractivity contribution is -0.137. The zero-order valence-electron chi connectivity index (χ0n) is 13.6. The molecule has 3 rings (SSSR count). The average Bonchev–Trinajstić information content (AvgIpc) is 2.96. The maximum absolute atomic E-state index is 12.9. The van der Waals surface area contributed by atoms with Gasteiger partial charge < -0.3 is 4.90 Å². The molecule has 0 spiro atoms. The lowest BCUT2D eigenvalue weighted by Gasteiger charge is -2.18. The molecule has 0 amide bonds. The maximum Gasteiger partial charge on any atom is 0.416 e. The van der Waals surface area contributed by atoms with Crippen LogP contribution in [-0.4, -0.2) is 30.8 Å². The van der Waals surface area contributed by atoms with E-state index in [2.05, 4.69) is 0 Å². The number of ketones is 1. The molecule has 0 aromatic heterocycles. The third-order valence-electron chi connectivity index (χ3n) is 4.61. The second kappa shape index (κ2) is 6.81. The van der Waals surface area contributed by atoms with Crippen molar-refractivity contribution in [2.24, 2.45) is 5.92 Å². The number of nitrogens with zero attached hydrogens (tertiary/aromatic N) is 1. The first-order chi connectivity index (χ1) is 11.8. The van der Waals surface area contributed by atoms with Gasteiger partial charge in [-0.15, -0.1) is 0 Å². The van der Waals surface area contributed by atoms with Crippen molar-refractivity contribution in [1.82, 2.24) is 4.90 Å². The molecule has 1 aliphatic rings. The van der Waals surface area contributed by atoms with Crippen LogP contribution < -0.4 is 0 Å². The summed E-state index contributed by atoms with van der Waals surface area (Å²) in [5.41, 5.74) is 0.279. The normalized spacial score (nSPS) is 21.5. The standard InChI is InChI=1S/C19H17ClF3NO/c1-24-10-16(12-5-7-15(20)8-6-12)17(11-24)18(25)13-3-2-4-14(9-13)19(21,22)23/h2-9,16-17H,10-11H2,1H3/t16-,17+/m1/s1. The Morgan fingerprint density at radius 1 is 1.12 bits per heavy atom. The zero-order valence-corrected chi connectivity index (χ0v) is 14.3. The highest BCUT2D eigenvalue weighted by molar-refractivity contribution is 6.30. The number of likely N-dealkylation sites (tertiary alicyclic amines) is 1. The quantitative estimate of drug-likeness (QED) is 0.720. The number of benzene rings is 2. The Morgan fingerprint density at radius 3 is 2.44 bits per heavy atom. The molecule has 132 valence electrons. The molecule has 25 heavy (non-hydrogen) atoms. The summed E-state index contributed by atoms with van der Waals surface area (Å²) in [5.74, 6) is -0.700. The number of rotatable bonds is 3. The highest BCUT2D eigenvalue weighted by atomic mass is 35.5. The fraction of sp³-hybridized carbons (Fsp3) is 0.316. The number of Topliss-reactive ketones (excluding diaryl/α,β-unsaturated/α-hetero) is 1. The fourth-order valence-corrected chi connectivity index (χ4v) is 3.50. The summed E-state index contributed by atoms with van der Waals surface area (Å²) >= 11 is 5.92. The van der Waals surface area contributed by atoms with Crippen molar-refractivity contribution in [1.29, 1.82) is 0 Å². The highest BCUT2D eigenvalue weighted by Gasteiger charge is 2.38. The van der Waals surface area contributed by atoms with Crippen LogP contribution in [-0.2, 0) is 6.18 Å². The van der Waals surface area contributed by atoms with Gasteiger partial charge in [0.25, 0.3) is 0 Å². The minimum absolute atomic E-state index is 0.0655. The van der Waals surface area contributed by atoms with Crippen LogP contribution in [0.1, 0.15) is 27.4 Å². The van der Waals surface area contributed by atoms with Crippen LogP contribution in [0.5, 0.6) is 0 Å². The van der Waals surface area contributed by atoms with E-state index in [-0.39, 0.29) is 23.2 Å². The topological polar surface area (TPSA) is 20.3 Å². The second-order valence-electron chi connectivity index (χ2n) is 6.43.